The van der Waals surface area contributed by atoms with Crippen molar-refractivity contribution in [1.82, 2.24) is 29.5 Å². The fourth-order valence-corrected chi connectivity index (χ4v) is 22.7. The second kappa shape index (κ2) is 22.9. The lowest BCUT2D eigenvalue weighted by molar-refractivity contribution is 1.04. The molecule has 0 aliphatic heterocycles. The smallest absolute Gasteiger partial charge is 0.179 e. The number of fused-ring (bicyclic) bond motifs is 3. The number of rotatable bonds is 14. The Morgan fingerprint density at radius 1 is 0.218 bits per heavy atom. The molecule has 87 heavy (non-hydrogen) atoms. The molecule has 0 aliphatic rings. The molecule has 0 aliphatic carbocycles. The third-order valence-electron chi connectivity index (χ3n) is 17.0. The molecule has 0 saturated heterocycles. The molecule has 0 atom stereocenters. The Bertz CT molecular complexity index is 4670. The molecule has 0 amide bonds. The molecular formula is C79H56N6Si2. The number of aromatic nitrogens is 6. The van der Waals surface area contributed by atoms with Crippen LogP contribution in [0.15, 0.2) is 340 Å². The number of nitrogens with zero attached hydrogens (tertiary/aromatic N) is 6. The third-order valence-corrected chi connectivity index (χ3v) is 26.5. The highest BCUT2D eigenvalue weighted by molar-refractivity contribution is 7.20. The minimum atomic E-state index is -2.94. The molecule has 8 heteroatoms. The Labute approximate surface area is 508 Å². The van der Waals surface area contributed by atoms with Gasteiger partial charge in [-0.1, -0.05) is 322 Å². The summed E-state index contributed by atoms with van der Waals surface area (Å²) >= 11 is 0. The average Bonchev–Trinajstić information content (AvgIpc) is 1.21. The Balaban J connectivity index is 0.953. The van der Waals surface area contributed by atoms with Gasteiger partial charge in [0, 0.05) is 44.7 Å². The second-order valence-corrected chi connectivity index (χ2v) is 29.5. The van der Waals surface area contributed by atoms with Crippen molar-refractivity contribution < 1.29 is 0 Å². The number of hydrogen-bond donors (Lipinski definition) is 0. The summed E-state index contributed by atoms with van der Waals surface area (Å²) in [5, 5.41) is 12.5. The maximum atomic E-state index is 5.68. The zero-order valence-electron chi connectivity index (χ0n) is 47.5. The van der Waals surface area contributed by atoms with E-state index in [9.17, 15) is 0 Å². The van der Waals surface area contributed by atoms with Crippen LogP contribution in [0.2, 0.25) is 0 Å². The minimum absolute atomic E-state index is 0.510. The zero-order valence-corrected chi connectivity index (χ0v) is 49.5. The van der Waals surface area contributed by atoms with Gasteiger partial charge in [-0.15, -0.1) is 0 Å². The first-order chi connectivity index (χ1) is 43.1. The molecule has 3 heterocycles. The first-order valence-electron chi connectivity index (χ1n) is 29.5. The van der Waals surface area contributed by atoms with Crippen molar-refractivity contribution in [2.24, 2.45) is 0 Å². The van der Waals surface area contributed by atoms with Gasteiger partial charge in [0.15, 0.2) is 39.4 Å². The number of hydrogen-bond acceptors (Lipinski definition) is 5. The standard InChI is InChI=1S/C79H56N6Si2/c1-8-30-57(31-9-1)76-82-77(59-33-29-47-67(55-59)87(63-40-16-5-17-41-63,64-42-18-6-19-43-64)65-44-20-7-21-45-65)84-79(83-76)71-51-23-22-50-70(71)78-80-72(56-75(81-78)85-73-52-26-24-48-68(73)69-49-25-27-53-74(69)85)58-32-28-46-66(54-58)86(60-34-10-2-11-35-60,61-36-12-3-13-37-61)62-38-14-4-15-39-62/h1-56H. The van der Waals surface area contributed by atoms with Crippen LogP contribution in [0.4, 0.5) is 0 Å². The third kappa shape index (κ3) is 9.41. The Kier molecular flexibility index (Phi) is 13.9. The van der Waals surface area contributed by atoms with Crippen LogP contribution >= 0.6 is 0 Å². The SMILES string of the molecule is c1ccc(-c2nc(-c3cccc([Si](c4ccccc4)(c4ccccc4)c4ccccc4)c3)nc(-c3ccccc3-c3nc(-c4cccc([Si](c5ccccc5)(c5ccccc5)c5ccccc5)c4)cc(-n4c5ccccc5c5ccccc54)n3)n2)cc1. The predicted molar refractivity (Wildman–Crippen MR) is 364 cm³/mol. The second-order valence-electron chi connectivity index (χ2n) is 21.9. The van der Waals surface area contributed by atoms with Crippen LogP contribution in [0, 0.1) is 0 Å². The van der Waals surface area contributed by atoms with Gasteiger partial charge in [0.25, 0.3) is 0 Å². The van der Waals surface area contributed by atoms with Crippen LogP contribution in [0.25, 0.3) is 84.4 Å². The topological polar surface area (TPSA) is 69.4 Å². The summed E-state index contributed by atoms with van der Waals surface area (Å²) in [6, 6.07) is 122. The van der Waals surface area contributed by atoms with E-state index in [4.69, 9.17) is 24.9 Å². The van der Waals surface area contributed by atoms with E-state index in [1.807, 2.05) is 24.3 Å². The molecule has 0 bridgehead atoms. The molecule has 0 unspecified atom stereocenters. The van der Waals surface area contributed by atoms with Gasteiger partial charge < -0.3 is 0 Å². The summed E-state index contributed by atoms with van der Waals surface area (Å²) in [7, 11) is -5.86. The van der Waals surface area contributed by atoms with Crippen molar-refractivity contribution in [2.45, 2.75) is 0 Å². The van der Waals surface area contributed by atoms with Crippen LogP contribution in [0.5, 0.6) is 0 Å². The number of benzene rings is 12. The van der Waals surface area contributed by atoms with Crippen molar-refractivity contribution in [2.75, 3.05) is 0 Å². The first-order valence-corrected chi connectivity index (χ1v) is 33.5. The average molecular weight is 1150 g/mol. The van der Waals surface area contributed by atoms with Crippen molar-refractivity contribution in [3.05, 3.63) is 340 Å². The molecule has 15 rings (SSSR count). The molecule has 410 valence electrons. The maximum absolute atomic E-state index is 5.68. The molecule has 3 aromatic heterocycles. The van der Waals surface area contributed by atoms with Crippen LogP contribution in [-0.2, 0) is 0 Å². The van der Waals surface area contributed by atoms with E-state index in [1.54, 1.807) is 0 Å². The number of para-hydroxylation sites is 2. The summed E-state index contributed by atoms with van der Waals surface area (Å²) < 4.78 is 2.29. The monoisotopic (exact) mass is 1140 g/mol. The van der Waals surface area contributed by atoms with Gasteiger partial charge in [0.1, 0.15) is 5.82 Å². The summed E-state index contributed by atoms with van der Waals surface area (Å²) in [6.45, 7) is 0. The summed E-state index contributed by atoms with van der Waals surface area (Å²) in [4.78, 5) is 27.6. The fraction of sp³-hybridized carbons (Fsp3) is 0. The van der Waals surface area contributed by atoms with E-state index in [-0.39, 0.29) is 0 Å². The van der Waals surface area contributed by atoms with Crippen LogP contribution in [0.3, 0.4) is 0 Å². The van der Waals surface area contributed by atoms with E-state index in [2.05, 4.69) is 320 Å². The predicted octanol–water partition coefficient (Wildman–Crippen LogP) is 12.8. The van der Waals surface area contributed by atoms with Gasteiger partial charge in [-0.2, -0.15) is 0 Å². The molecule has 15 aromatic rings. The summed E-state index contributed by atoms with van der Waals surface area (Å²) in [5.41, 5.74) is 7.19. The largest absolute Gasteiger partial charge is 0.294 e. The molecule has 0 spiro atoms. The molecule has 0 radical (unpaired) electrons. The van der Waals surface area contributed by atoms with Crippen LogP contribution in [0.1, 0.15) is 0 Å². The molecule has 0 N–H and O–H groups in total. The van der Waals surface area contributed by atoms with Crippen molar-refractivity contribution >= 4 is 79.4 Å². The van der Waals surface area contributed by atoms with Gasteiger partial charge in [-0.25, -0.2) is 24.9 Å². The fourth-order valence-electron chi connectivity index (χ4n) is 13.1. The molecule has 0 fully saturated rings. The van der Waals surface area contributed by atoms with Crippen LogP contribution < -0.4 is 41.5 Å². The lowest BCUT2D eigenvalue weighted by Crippen LogP contribution is -2.74. The Morgan fingerprint density at radius 2 is 0.529 bits per heavy atom. The van der Waals surface area contributed by atoms with E-state index < -0.39 is 16.1 Å². The highest BCUT2D eigenvalue weighted by atomic mass is 28.3. The maximum Gasteiger partial charge on any atom is 0.179 e. The highest BCUT2D eigenvalue weighted by Crippen LogP contribution is 2.36. The summed E-state index contributed by atoms with van der Waals surface area (Å²) in [6.07, 6.45) is 0. The van der Waals surface area contributed by atoms with E-state index in [0.717, 1.165) is 61.1 Å². The van der Waals surface area contributed by atoms with E-state index >= 15 is 0 Å². The van der Waals surface area contributed by atoms with E-state index in [0.29, 0.717) is 23.3 Å². The van der Waals surface area contributed by atoms with Gasteiger partial charge in [0.2, 0.25) is 0 Å². The Morgan fingerprint density at radius 3 is 0.966 bits per heavy atom. The van der Waals surface area contributed by atoms with Gasteiger partial charge in [-0.05, 0) is 53.6 Å². The normalized spacial score (nSPS) is 11.7. The van der Waals surface area contributed by atoms with Crippen molar-refractivity contribution in [3.63, 3.8) is 0 Å². The molecule has 12 aromatic carbocycles. The molecule has 0 saturated carbocycles. The molecule has 6 nitrogen and oxygen atoms in total. The minimum Gasteiger partial charge on any atom is -0.294 e. The van der Waals surface area contributed by atoms with Crippen molar-refractivity contribution in [3.8, 4) is 62.6 Å². The Hall–Kier alpha value is -11.0. The van der Waals surface area contributed by atoms with E-state index in [1.165, 1.54) is 41.5 Å². The van der Waals surface area contributed by atoms with Crippen molar-refractivity contribution in [1.29, 1.82) is 0 Å². The molecular weight excluding hydrogens is 1090 g/mol. The zero-order chi connectivity index (χ0) is 58.0. The quantitative estimate of drug-likeness (QED) is 0.0802. The van der Waals surface area contributed by atoms with Gasteiger partial charge in [0.05, 0.1) is 16.7 Å². The lowest BCUT2D eigenvalue weighted by Gasteiger charge is -2.34. The highest BCUT2D eigenvalue weighted by Gasteiger charge is 2.43. The summed E-state index contributed by atoms with van der Waals surface area (Å²) in [5.74, 6) is 2.92. The van der Waals surface area contributed by atoms with Gasteiger partial charge in [-0.3, -0.25) is 4.57 Å². The van der Waals surface area contributed by atoms with Crippen LogP contribution in [-0.4, -0.2) is 45.6 Å². The lowest BCUT2D eigenvalue weighted by atomic mass is 10.0. The first kappa shape index (κ1) is 52.7. The van der Waals surface area contributed by atoms with Gasteiger partial charge >= 0.3 is 0 Å².